The topological polar surface area (TPSA) is 73.6 Å². The minimum atomic E-state index is -1.06. The first kappa shape index (κ1) is 14.1. The van der Waals surface area contributed by atoms with Crippen LogP contribution in [0.2, 0.25) is 0 Å². The second-order valence-electron chi connectivity index (χ2n) is 4.10. The van der Waals surface area contributed by atoms with Crippen molar-refractivity contribution in [3.8, 4) is 11.4 Å². The van der Waals surface area contributed by atoms with Crippen molar-refractivity contribution in [1.29, 1.82) is 0 Å². The van der Waals surface area contributed by atoms with Gasteiger partial charge in [-0.3, -0.25) is 0 Å². The molecule has 0 fully saturated rings. The molecule has 1 aromatic carbocycles. The van der Waals surface area contributed by atoms with Crippen LogP contribution in [0, 0.1) is 0 Å². The van der Waals surface area contributed by atoms with E-state index in [9.17, 15) is 4.79 Å². The molecule has 0 aliphatic carbocycles. The van der Waals surface area contributed by atoms with Crippen molar-refractivity contribution in [2.45, 2.75) is 13.5 Å². The van der Waals surface area contributed by atoms with Gasteiger partial charge in [-0.25, -0.2) is 9.48 Å². The number of aromatic carboxylic acids is 1. The molecule has 0 saturated heterocycles. The molecule has 1 aromatic heterocycles. The van der Waals surface area contributed by atoms with E-state index in [1.54, 1.807) is 11.8 Å². The highest BCUT2D eigenvalue weighted by Crippen LogP contribution is 2.18. The molecule has 6 nitrogen and oxygen atoms in total. The van der Waals surface area contributed by atoms with Gasteiger partial charge in [0.1, 0.15) is 5.75 Å². The maximum atomic E-state index is 11.0. The number of nitrogens with zero attached hydrogens (tertiary/aromatic N) is 2. The number of carboxylic acids is 1. The molecule has 2 aromatic rings. The van der Waals surface area contributed by atoms with Gasteiger partial charge in [-0.2, -0.15) is 5.10 Å². The fraction of sp³-hybridized carbons (Fsp3) is 0.286. The summed E-state index contributed by atoms with van der Waals surface area (Å²) < 4.78 is 12.0. The van der Waals surface area contributed by atoms with Crippen molar-refractivity contribution in [3.63, 3.8) is 0 Å². The second-order valence-corrected chi connectivity index (χ2v) is 4.10. The predicted molar refractivity (Wildman–Crippen MR) is 72.4 cm³/mol. The number of hydrogen-bond acceptors (Lipinski definition) is 4. The summed E-state index contributed by atoms with van der Waals surface area (Å²) in [5.41, 5.74) is 1.42. The number of carbonyl (C=O) groups is 1. The van der Waals surface area contributed by atoms with Gasteiger partial charge >= 0.3 is 5.97 Å². The Morgan fingerprint density at radius 3 is 2.60 bits per heavy atom. The third-order valence-corrected chi connectivity index (χ3v) is 2.69. The van der Waals surface area contributed by atoms with Crippen molar-refractivity contribution < 1.29 is 19.4 Å². The first-order chi connectivity index (χ1) is 9.65. The Hall–Kier alpha value is -2.34. The van der Waals surface area contributed by atoms with Gasteiger partial charge in [0, 0.05) is 7.11 Å². The lowest BCUT2D eigenvalue weighted by Crippen LogP contribution is -2.04. The lowest BCUT2D eigenvalue weighted by Gasteiger charge is -2.08. The molecule has 0 unspecified atom stereocenters. The standard InChI is InChI=1S/C14H16N2O4/c1-3-20-12-6-4-10(5-7-12)16-11(9-19-2)8-13(15-16)14(17)18/h4-8H,3,9H2,1-2H3,(H,17,18). The molecule has 106 valence electrons. The van der Waals surface area contributed by atoms with E-state index in [0.717, 1.165) is 11.4 Å². The predicted octanol–water partition coefficient (Wildman–Crippen LogP) is 2.12. The van der Waals surface area contributed by atoms with Crippen LogP contribution in [0.25, 0.3) is 5.69 Å². The fourth-order valence-corrected chi connectivity index (χ4v) is 1.85. The van der Waals surface area contributed by atoms with Crippen molar-refractivity contribution >= 4 is 5.97 Å². The zero-order chi connectivity index (χ0) is 14.5. The summed E-state index contributed by atoms with van der Waals surface area (Å²) in [5, 5.41) is 13.1. The summed E-state index contributed by atoms with van der Waals surface area (Å²) in [6, 6.07) is 8.78. The van der Waals surface area contributed by atoms with Gasteiger partial charge in [0.25, 0.3) is 0 Å². The number of methoxy groups -OCH3 is 1. The molecule has 0 aliphatic rings. The Bertz CT molecular complexity index is 590. The van der Waals surface area contributed by atoms with Gasteiger partial charge in [0.2, 0.25) is 0 Å². The average molecular weight is 276 g/mol. The van der Waals surface area contributed by atoms with Crippen molar-refractivity contribution in [3.05, 3.63) is 41.7 Å². The zero-order valence-electron chi connectivity index (χ0n) is 11.4. The number of rotatable bonds is 6. The third kappa shape index (κ3) is 2.97. The second kappa shape index (κ2) is 6.21. The van der Waals surface area contributed by atoms with Crippen LogP contribution in [0.4, 0.5) is 0 Å². The quantitative estimate of drug-likeness (QED) is 0.874. The van der Waals surface area contributed by atoms with E-state index in [2.05, 4.69) is 5.10 Å². The summed E-state index contributed by atoms with van der Waals surface area (Å²) in [4.78, 5) is 11.0. The lowest BCUT2D eigenvalue weighted by atomic mass is 10.3. The number of benzene rings is 1. The highest BCUT2D eigenvalue weighted by Gasteiger charge is 2.14. The molecule has 0 spiro atoms. The molecule has 20 heavy (non-hydrogen) atoms. The van der Waals surface area contributed by atoms with E-state index in [-0.39, 0.29) is 12.3 Å². The zero-order valence-corrected chi connectivity index (χ0v) is 11.4. The Morgan fingerprint density at radius 2 is 2.05 bits per heavy atom. The van der Waals surface area contributed by atoms with Gasteiger partial charge in [-0.1, -0.05) is 0 Å². The van der Waals surface area contributed by atoms with Crippen molar-refractivity contribution in [1.82, 2.24) is 9.78 Å². The summed E-state index contributed by atoms with van der Waals surface area (Å²) in [6.07, 6.45) is 0. The Balaban J connectivity index is 2.36. The van der Waals surface area contributed by atoms with Crippen LogP contribution in [0.1, 0.15) is 23.1 Å². The van der Waals surface area contributed by atoms with Gasteiger partial charge < -0.3 is 14.6 Å². The van der Waals surface area contributed by atoms with Gasteiger partial charge in [0.15, 0.2) is 5.69 Å². The first-order valence-corrected chi connectivity index (χ1v) is 6.20. The van der Waals surface area contributed by atoms with E-state index in [1.807, 2.05) is 31.2 Å². The largest absolute Gasteiger partial charge is 0.494 e. The van der Waals surface area contributed by atoms with Gasteiger partial charge in [-0.15, -0.1) is 0 Å². The monoisotopic (exact) mass is 276 g/mol. The molecule has 0 amide bonds. The van der Waals surface area contributed by atoms with Gasteiger partial charge in [-0.05, 0) is 37.3 Å². The first-order valence-electron chi connectivity index (χ1n) is 6.20. The Kier molecular flexibility index (Phi) is 4.37. The van der Waals surface area contributed by atoms with E-state index in [1.165, 1.54) is 6.07 Å². The highest BCUT2D eigenvalue weighted by atomic mass is 16.5. The minimum Gasteiger partial charge on any atom is -0.494 e. The molecule has 6 heteroatoms. The normalized spacial score (nSPS) is 10.5. The molecule has 1 heterocycles. The Labute approximate surface area is 116 Å². The highest BCUT2D eigenvalue weighted by molar-refractivity contribution is 5.85. The maximum absolute atomic E-state index is 11.0. The van der Waals surface area contributed by atoms with Crippen LogP contribution >= 0.6 is 0 Å². The van der Waals surface area contributed by atoms with E-state index < -0.39 is 5.97 Å². The summed E-state index contributed by atoms with van der Waals surface area (Å²) >= 11 is 0. The molecule has 2 rings (SSSR count). The van der Waals surface area contributed by atoms with E-state index in [0.29, 0.717) is 12.3 Å². The van der Waals surface area contributed by atoms with Crippen LogP contribution in [-0.2, 0) is 11.3 Å². The van der Waals surface area contributed by atoms with Crippen LogP contribution in [0.3, 0.4) is 0 Å². The number of carboxylic acid groups (broad SMARTS) is 1. The minimum absolute atomic E-state index is 0.00839. The number of aromatic nitrogens is 2. The molecule has 0 radical (unpaired) electrons. The number of ether oxygens (including phenoxy) is 2. The summed E-state index contributed by atoms with van der Waals surface area (Å²) in [7, 11) is 1.55. The molecule has 0 bridgehead atoms. The van der Waals surface area contributed by atoms with Crippen molar-refractivity contribution in [2.24, 2.45) is 0 Å². The van der Waals surface area contributed by atoms with Gasteiger partial charge in [0.05, 0.1) is 24.6 Å². The lowest BCUT2D eigenvalue weighted by molar-refractivity contribution is 0.0690. The van der Waals surface area contributed by atoms with Crippen molar-refractivity contribution in [2.75, 3.05) is 13.7 Å². The van der Waals surface area contributed by atoms with Crippen LogP contribution in [0.5, 0.6) is 5.75 Å². The van der Waals surface area contributed by atoms with Crippen LogP contribution < -0.4 is 4.74 Å². The molecule has 0 atom stereocenters. The smallest absolute Gasteiger partial charge is 0.356 e. The number of hydrogen-bond donors (Lipinski definition) is 1. The molecule has 0 aliphatic heterocycles. The van der Waals surface area contributed by atoms with E-state index in [4.69, 9.17) is 14.6 Å². The molecule has 1 N–H and O–H groups in total. The van der Waals surface area contributed by atoms with Crippen LogP contribution in [-0.4, -0.2) is 34.6 Å². The van der Waals surface area contributed by atoms with E-state index >= 15 is 0 Å². The fourth-order valence-electron chi connectivity index (χ4n) is 1.85. The molecular weight excluding hydrogens is 260 g/mol. The Morgan fingerprint density at radius 1 is 1.35 bits per heavy atom. The summed E-state index contributed by atoms with van der Waals surface area (Å²) in [5.74, 6) is -0.304. The third-order valence-electron chi connectivity index (χ3n) is 2.69. The summed E-state index contributed by atoms with van der Waals surface area (Å²) in [6.45, 7) is 2.80. The molecular formula is C14H16N2O4. The average Bonchev–Trinajstić information content (AvgIpc) is 2.85. The van der Waals surface area contributed by atoms with Crippen LogP contribution in [0.15, 0.2) is 30.3 Å². The SMILES string of the molecule is CCOc1ccc(-n2nc(C(=O)O)cc2COC)cc1. The maximum Gasteiger partial charge on any atom is 0.356 e. The molecule has 0 saturated carbocycles.